The fourth-order valence-corrected chi connectivity index (χ4v) is 2.94. The van der Waals surface area contributed by atoms with Gasteiger partial charge in [-0.2, -0.15) is 0 Å². The van der Waals surface area contributed by atoms with Crippen molar-refractivity contribution in [1.29, 1.82) is 0 Å². The zero-order chi connectivity index (χ0) is 19.6. The molecule has 1 rings (SSSR count). The molecule has 1 aromatic rings. The van der Waals surface area contributed by atoms with Crippen molar-refractivity contribution < 1.29 is 9.90 Å². The normalized spacial score (nSPS) is 10.6. The average molecular weight is 370 g/mol. The standard InChI is InChI=1S/C24H35NO2/c1-2-3-4-5-6-7-8-9-10-11-12-13-16-21-25-23-18-15-14-17-22(23)19-20-24(26)27/h11-12,14-15,17-18,25H,2-10,13,16,21H2,1H3,(H,26,27)/b12-11+. The van der Waals surface area contributed by atoms with E-state index < -0.39 is 5.97 Å². The lowest BCUT2D eigenvalue weighted by atomic mass is 10.1. The van der Waals surface area contributed by atoms with E-state index in [0.717, 1.165) is 30.6 Å². The maximum Gasteiger partial charge on any atom is 0.382 e. The van der Waals surface area contributed by atoms with Crippen LogP contribution >= 0.6 is 0 Å². The molecule has 0 saturated heterocycles. The molecule has 0 spiro atoms. The first-order valence-electron chi connectivity index (χ1n) is 10.5. The lowest BCUT2D eigenvalue weighted by Crippen LogP contribution is -2.02. The molecule has 0 unspecified atom stereocenters. The van der Waals surface area contributed by atoms with Crippen molar-refractivity contribution in [3.05, 3.63) is 42.0 Å². The molecule has 0 aromatic heterocycles. The van der Waals surface area contributed by atoms with E-state index in [1.807, 2.05) is 24.3 Å². The fourth-order valence-electron chi connectivity index (χ4n) is 2.94. The number of hydrogen-bond acceptors (Lipinski definition) is 2. The van der Waals surface area contributed by atoms with E-state index >= 15 is 0 Å². The van der Waals surface area contributed by atoms with Crippen molar-refractivity contribution in [3.8, 4) is 11.8 Å². The van der Waals surface area contributed by atoms with E-state index in [4.69, 9.17) is 5.11 Å². The second-order valence-corrected chi connectivity index (χ2v) is 6.90. The summed E-state index contributed by atoms with van der Waals surface area (Å²) in [5.74, 6) is 3.75. The number of allylic oxidation sites excluding steroid dienone is 2. The monoisotopic (exact) mass is 369 g/mol. The van der Waals surface area contributed by atoms with Crippen LogP contribution in [0.15, 0.2) is 36.4 Å². The molecule has 0 bridgehead atoms. The fraction of sp³-hybridized carbons (Fsp3) is 0.542. The van der Waals surface area contributed by atoms with Crippen molar-refractivity contribution in [3.63, 3.8) is 0 Å². The number of carbonyl (C=O) groups is 1. The topological polar surface area (TPSA) is 49.3 Å². The summed E-state index contributed by atoms with van der Waals surface area (Å²) in [5, 5.41) is 12.0. The second-order valence-electron chi connectivity index (χ2n) is 6.90. The molecule has 2 N–H and O–H groups in total. The minimum absolute atomic E-state index is 0.727. The van der Waals surface area contributed by atoms with Crippen LogP contribution in [0.4, 0.5) is 5.69 Å². The van der Waals surface area contributed by atoms with Crippen molar-refractivity contribution in [1.82, 2.24) is 0 Å². The van der Waals surface area contributed by atoms with Crippen LogP contribution in [0.5, 0.6) is 0 Å². The first-order valence-corrected chi connectivity index (χ1v) is 10.5. The summed E-state index contributed by atoms with van der Waals surface area (Å²) >= 11 is 0. The molecule has 0 saturated carbocycles. The van der Waals surface area contributed by atoms with Gasteiger partial charge in [-0.25, -0.2) is 4.79 Å². The lowest BCUT2D eigenvalue weighted by molar-refractivity contribution is -0.130. The summed E-state index contributed by atoms with van der Waals surface area (Å²) in [6.07, 6.45) is 18.8. The minimum Gasteiger partial charge on any atom is -0.472 e. The minimum atomic E-state index is -1.11. The summed E-state index contributed by atoms with van der Waals surface area (Å²) in [6.45, 7) is 3.12. The Morgan fingerprint density at radius 1 is 0.963 bits per heavy atom. The molecule has 27 heavy (non-hydrogen) atoms. The number of anilines is 1. The number of hydrogen-bond donors (Lipinski definition) is 2. The Hall–Kier alpha value is -2.21. The van der Waals surface area contributed by atoms with E-state index in [9.17, 15) is 4.79 Å². The molecule has 0 heterocycles. The highest BCUT2D eigenvalue weighted by Crippen LogP contribution is 2.14. The van der Waals surface area contributed by atoms with Crippen molar-refractivity contribution in [2.24, 2.45) is 0 Å². The third-order valence-electron chi connectivity index (χ3n) is 4.49. The highest BCUT2D eigenvalue weighted by Gasteiger charge is 1.98. The molecule has 0 radical (unpaired) electrons. The molecular weight excluding hydrogens is 334 g/mol. The molecule has 1 aromatic carbocycles. The maximum absolute atomic E-state index is 10.6. The van der Waals surface area contributed by atoms with Gasteiger partial charge in [-0.1, -0.05) is 82.1 Å². The Morgan fingerprint density at radius 3 is 2.30 bits per heavy atom. The molecule has 0 aliphatic heterocycles. The molecule has 0 atom stereocenters. The Kier molecular flexibility index (Phi) is 13.5. The quantitative estimate of drug-likeness (QED) is 0.226. The van der Waals surface area contributed by atoms with Gasteiger partial charge in [0.1, 0.15) is 0 Å². The number of rotatable bonds is 14. The SMILES string of the molecule is CCCCCCCCCC/C=C/CCCNc1ccccc1C#CC(=O)O. The van der Waals surface area contributed by atoms with Gasteiger partial charge in [0.15, 0.2) is 0 Å². The van der Waals surface area contributed by atoms with Crippen LogP contribution in [0.25, 0.3) is 0 Å². The van der Waals surface area contributed by atoms with Crippen molar-refractivity contribution in [2.45, 2.75) is 77.6 Å². The number of carboxylic acid groups (broad SMARTS) is 1. The summed E-state index contributed by atoms with van der Waals surface area (Å²) in [6, 6.07) is 7.56. The molecule has 0 aliphatic rings. The van der Waals surface area contributed by atoms with Crippen LogP contribution in [0.2, 0.25) is 0 Å². The summed E-state index contributed by atoms with van der Waals surface area (Å²) < 4.78 is 0. The second kappa shape index (κ2) is 16.0. The van der Waals surface area contributed by atoms with E-state index in [2.05, 4.69) is 36.2 Å². The first kappa shape index (κ1) is 22.8. The molecule has 3 nitrogen and oxygen atoms in total. The Balaban J connectivity index is 2.07. The number of benzene rings is 1. The largest absolute Gasteiger partial charge is 0.472 e. The lowest BCUT2D eigenvalue weighted by Gasteiger charge is -2.07. The number of unbranched alkanes of at least 4 members (excludes halogenated alkanes) is 9. The van der Waals surface area contributed by atoms with Gasteiger partial charge in [-0.3, -0.25) is 0 Å². The molecular formula is C24H35NO2. The number of carboxylic acids is 1. The zero-order valence-corrected chi connectivity index (χ0v) is 16.8. The smallest absolute Gasteiger partial charge is 0.382 e. The molecule has 0 aliphatic carbocycles. The zero-order valence-electron chi connectivity index (χ0n) is 16.8. The Morgan fingerprint density at radius 2 is 1.59 bits per heavy atom. The average Bonchev–Trinajstić information content (AvgIpc) is 2.67. The maximum atomic E-state index is 10.6. The molecule has 3 heteroatoms. The van der Waals surface area contributed by atoms with E-state index in [1.165, 1.54) is 57.8 Å². The van der Waals surface area contributed by atoms with Gasteiger partial charge in [0, 0.05) is 23.7 Å². The number of aliphatic carboxylic acids is 1. The van der Waals surface area contributed by atoms with E-state index in [0.29, 0.717) is 0 Å². The van der Waals surface area contributed by atoms with Crippen molar-refractivity contribution >= 4 is 11.7 Å². The van der Waals surface area contributed by atoms with Gasteiger partial charge in [-0.05, 0) is 37.8 Å². The third-order valence-corrected chi connectivity index (χ3v) is 4.49. The Bertz CT molecular complexity index is 610. The molecule has 0 fully saturated rings. The van der Waals surface area contributed by atoms with Gasteiger partial charge in [-0.15, -0.1) is 0 Å². The van der Waals surface area contributed by atoms with E-state index in [-0.39, 0.29) is 0 Å². The van der Waals surface area contributed by atoms with Crippen LogP contribution < -0.4 is 5.32 Å². The van der Waals surface area contributed by atoms with E-state index in [1.54, 1.807) is 0 Å². The van der Waals surface area contributed by atoms with Gasteiger partial charge < -0.3 is 10.4 Å². The first-order chi connectivity index (χ1) is 13.2. The molecule has 0 amide bonds. The van der Waals surface area contributed by atoms with Gasteiger partial charge >= 0.3 is 5.97 Å². The van der Waals surface area contributed by atoms with Crippen LogP contribution in [0.3, 0.4) is 0 Å². The summed E-state index contributed by atoms with van der Waals surface area (Å²) in [5.41, 5.74) is 1.62. The van der Waals surface area contributed by atoms with Crippen LogP contribution in [0.1, 0.15) is 83.1 Å². The van der Waals surface area contributed by atoms with Crippen LogP contribution in [-0.4, -0.2) is 17.6 Å². The van der Waals surface area contributed by atoms with Crippen molar-refractivity contribution in [2.75, 3.05) is 11.9 Å². The van der Waals surface area contributed by atoms with Gasteiger partial charge in [0.25, 0.3) is 0 Å². The summed E-state index contributed by atoms with van der Waals surface area (Å²) in [7, 11) is 0. The predicted octanol–water partition coefficient (Wildman–Crippen LogP) is 6.40. The number of nitrogens with one attached hydrogen (secondary N) is 1. The van der Waals surface area contributed by atoms with Crippen LogP contribution in [-0.2, 0) is 4.79 Å². The predicted molar refractivity (Wildman–Crippen MR) is 115 cm³/mol. The number of para-hydroxylation sites is 1. The van der Waals surface area contributed by atoms with Gasteiger partial charge in [0.2, 0.25) is 0 Å². The van der Waals surface area contributed by atoms with Gasteiger partial charge in [0.05, 0.1) is 0 Å². The highest BCUT2D eigenvalue weighted by molar-refractivity contribution is 5.87. The summed E-state index contributed by atoms with van der Waals surface area (Å²) in [4.78, 5) is 10.6. The Labute approximate surface area is 165 Å². The third kappa shape index (κ3) is 12.7. The molecule has 148 valence electrons. The van der Waals surface area contributed by atoms with Crippen LogP contribution in [0, 0.1) is 11.8 Å². The highest BCUT2D eigenvalue weighted by atomic mass is 16.4.